The molecule has 0 aliphatic rings. The topological polar surface area (TPSA) is 66.4 Å². The summed E-state index contributed by atoms with van der Waals surface area (Å²) in [6, 6.07) is 10.2. The largest absolute Gasteiger partial charge is 0.481 e. The van der Waals surface area contributed by atoms with E-state index in [4.69, 9.17) is 0 Å². The van der Waals surface area contributed by atoms with Gasteiger partial charge in [0.25, 0.3) is 0 Å². The van der Waals surface area contributed by atoms with E-state index >= 15 is 0 Å². The molecule has 4 nitrogen and oxygen atoms in total. The van der Waals surface area contributed by atoms with Crippen LogP contribution in [-0.2, 0) is 9.59 Å². The van der Waals surface area contributed by atoms with E-state index in [0.29, 0.717) is 0 Å². The van der Waals surface area contributed by atoms with E-state index in [1.165, 1.54) is 5.56 Å². The summed E-state index contributed by atoms with van der Waals surface area (Å²) >= 11 is 0. The molecule has 5 atom stereocenters. The van der Waals surface area contributed by atoms with Crippen LogP contribution in [0.25, 0.3) is 0 Å². The number of amides is 1. The lowest BCUT2D eigenvalue weighted by Crippen LogP contribution is -2.40. The average Bonchev–Trinajstić information content (AvgIpc) is 2.55. The number of rotatable bonds is 8. The lowest BCUT2D eigenvalue weighted by Gasteiger charge is -2.34. The monoisotopic (exact) mass is 319 g/mol. The van der Waals surface area contributed by atoms with Crippen molar-refractivity contribution in [2.45, 2.75) is 40.0 Å². The van der Waals surface area contributed by atoms with Crippen LogP contribution in [0.5, 0.6) is 0 Å². The normalized spacial score (nSPS) is 17.6. The molecule has 2 N–H and O–H groups in total. The molecule has 128 valence electrons. The Bertz CT molecular complexity index is 515. The van der Waals surface area contributed by atoms with Crippen molar-refractivity contribution in [3.63, 3.8) is 0 Å². The van der Waals surface area contributed by atoms with Crippen molar-refractivity contribution in [3.05, 3.63) is 35.9 Å². The molecule has 1 aromatic carbocycles. The highest BCUT2D eigenvalue weighted by atomic mass is 16.4. The second-order valence-electron chi connectivity index (χ2n) is 6.41. The molecule has 23 heavy (non-hydrogen) atoms. The van der Waals surface area contributed by atoms with Crippen LogP contribution in [0.2, 0.25) is 0 Å². The zero-order valence-corrected chi connectivity index (χ0v) is 14.7. The second-order valence-corrected chi connectivity index (χ2v) is 6.41. The molecule has 0 saturated carbocycles. The van der Waals surface area contributed by atoms with Gasteiger partial charge in [-0.3, -0.25) is 9.59 Å². The van der Waals surface area contributed by atoms with Crippen LogP contribution in [0.15, 0.2) is 30.3 Å². The molecule has 4 heteroatoms. The Morgan fingerprint density at radius 2 is 1.65 bits per heavy atom. The van der Waals surface area contributed by atoms with E-state index in [0.717, 1.165) is 6.42 Å². The van der Waals surface area contributed by atoms with Crippen LogP contribution in [0.3, 0.4) is 0 Å². The maximum absolute atomic E-state index is 11.9. The smallest absolute Gasteiger partial charge is 0.307 e. The Morgan fingerprint density at radius 1 is 1.09 bits per heavy atom. The molecule has 1 aromatic rings. The SMILES string of the molecule is CCC(c1ccccc1)C(C)C(C)C(C(=O)O)C(C)C(=O)NC. The second kappa shape index (κ2) is 8.70. The number of aliphatic carboxylic acids is 1. The van der Waals surface area contributed by atoms with E-state index in [1.807, 2.05) is 25.1 Å². The lowest BCUT2D eigenvalue weighted by atomic mass is 9.70. The van der Waals surface area contributed by atoms with Crippen LogP contribution in [0, 0.1) is 23.7 Å². The fourth-order valence-electron chi connectivity index (χ4n) is 3.59. The third kappa shape index (κ3) is 4.57. The highest BCUT2D eigenvalue weighted by Crippen LogP contribution is 2.38. The van der Waals surface area contributed by atoms with Gasteiger partial charge in [-0.2, -0.15) is 0 Å². The third-order valence-corrected chi connectivity index (χ3v) is 5.18. The highest BCUT2D eigenvalue weighted by Gasteiger charge is 2.38. The number of benzene rings is 1. The van der Waals surface area contributed by atoms with Crippen LogP contribution in [0.4, 0.5) is 0 Å². The number of carboxylic acids is 1. The van der Waals surface area contributed by atoms with E-state index in [2.05, 4.69) is 31.3 Å². The first-order valence-corrected chi connectivity index (χ1v) is 8.34. The Hall–Kier alpha value is -1.84. The molecule has 0 aliphatic heterocycles. The van der Waals surface area contributed by atoms with Gasteiger partial charge < -0.3 is 10.4 Å². The standard InChI is InChI=1S/C19H29NO3/c1-6-16(15-10-8-7-9-11-15)12(2)13(3)17(19(22)23)14(4)18(21)20-5/h7-14,16-17H,6H2,1-5H3,(H,20,21)(H,22,23). The molecule has 1 rings (SSSR count). The quantitative estimate of drug-likeness (QED) is 0.770. The van der Waals surface area contributed by atoms with Gasteiger partial charge in [-0.25, -0.2) is 0 Å². The summed E-state index contributed by atoms with van der Waals surface area (Å²) in [6.07, 6.45) is 0.941. The summed E-state index contributed by atoms with van der Waals surface area (Å²) in [5.74, 6) is -2.02. The zero-order valence-electron chi connectivity index (χ0n) is 14.7. The molecule has 5 unspecified atom stereocenters. The Labute approximate surface area is 139 Å². The van der Waals surface area contributed by atoms with E-state index in [1.54, 1.807) is 14.0 Å². The van der Waals surface area contributed by atoms with Crippen molar-refractivity contribution in [2.75, 3.05) is 7.05 Å². The summed E-state index contributed by atoms with van der Waals surface area (Å²) in [4.78, 5) is 23.7. The minimum Gasteiger partial charge on any atom is -0.481 e. The van der Waals surface area contributed by atoms with Crippen molar-refractivity contribution in [3.8, 4) is 0 Å². The van der Waals surface area contributed by atoms with Crippen LogP contribution in [0.1, 0.15) is 45.6 Å². The third-order valence-electron chi connectivity index (χ3n) is 5.18. The van der Waals surface area contributed by atoms with Crippen LogP contribution in [-0.4, -0.2) is 24.0 Å². The number of hydrogen-bond donors (Lipinski definition) is 2. The fraction of sp³-hybridized carbons (Fsp3) is 0.579. The molecule has 0 heterocycles. The molecular weight excluding hydrogens is 290 g/mol. The average molecular weight is 319 g/mol. The molecule has 0 fully saturated rings. The van der Waals surface area contributed by atoms with Crippen molar-refractivity contribution in [1.29, 1.82) is 0 Å². The number of nitrogens with one attached hydrogen (secondary N) is 1. The molecule has 0 bridgehead atoms. The van der Waals surface area contributed by atoms with E-state index in [9.17, 15) is 14.7 Å². The first kappa shape index (κ1) is 19.2. The lowest BCUT2D eigenvalue weighted by molar-refractivity contribution is -0.150. The first-order valence-electron chi connectivity index (χ1n) is 8.34. The summed E-state index contributed by atoms with van der Waals surface area (Å²) in [5, 5.41) is 12.2. The summed E-state index contributed by atoms with van der Waals surface area (Å²) < 4.78 is 0. The molecule has 1 amide bonds. The molecule has 0 spiro atoms. The Balaban J connectivity index is 3.04. The number of hydrogen-bond acceptors (Lipinski definition) is 2. The molecule has 0 aliphatic carbocycles. The zero-order chi connectivity index (χ0) is 17.6. The fourth-order valence-corrected chi connectivity index (χ4v) is 3.59. The molecular formula is C19H29NO3. The van der Waals surface area contributed by atoms with Crippen molar-refractivity contribution >= 4 is 11.9 Å². The minimum atomic E-state index is -0.900. The van der Waals surface area contributed by atoms with Gasteiger partial charge in [0, 0.05) is 13.0 Å². The predicted octanol–water partition coefficient (Wildman–Crippen LogP) is 3.54. The van der Waals surface area contributed by atoms with Crippen molar-refractivity contribution < 1.29 is 14.7 Å². The highest BCUT2D eigenvalue weighted by molar-refractivity contribution is 5.84. The minimum absolute atomic E-state index is 0.107. The molecule has 0 aromatic heterocycles. The maximum Gasteiger partial charge on any atom is 0.307 e. The van der Waals surface area contributed by atoms with Gasteiger partial charge in [0.2, 0.25) is 5.91 Å². The number of carbonyl (C=O) groups excluding carboxylic acids is 1. The molecule has 0 saturated heterocycles. The molecule has 0 radical (unpaired) electrons. The van der Waals surface area contributed by atoms with Crippen molar-refractivity contribution in [1.82, 2.24) is 5.32 Å². The van der Waals surface area contributed by atoms with Gasteiger partial charge in [0.15, 0.2) is 0 Å². The van der Waals surface area contributed by atoms with Gasteiger partial charge in [-0.15, -0.1) is 0 Å². The Morgan fingerprint density at radius 3 is 2.09 bits per heavy atom. The van der Waals surface area contributed by atoms with Gasteiger partial charge in [0.05, 0.1) is 5.92 Å². The van der Waals surface area contributed by atoms with Crippen molar-refractivity contribution in [2.24, 2.45) is 23.7 Å². The maximum atomic E-state index is 11.9. The number of carboxylic acid groups (broad SMARTS) is 1. The number of carbonyl (C=O) groups is 2. The summed E-state index contributed by atoms with van der Waals surface area (Å²) in [6.45, 7) is 7.87. The van der Waals surface area contributed by atoms with Gasteiger partial charge in [-0.05, 0) is 29.7 Å². The van der Waals surface area contributed by atoms with Gasteiger partial charge in [0.1, 0.15) is 0 Å². The van der Waals surface area contributed by atoms with Crippen LogP contribution < -0.4 is 5.32 Å². The van der Waals surface area contributed by atoms with Crippen LogP contribution >= 0.6 is 0 Å². The Kier molecular flexibility index (Phi) is 7.27. The summed E-state index contributed by atoms with van der Waals surface area (Å²) in [5.41, 5.74) is 1.23. The van der Waals surface area contributed by atoms with E-state index < -0.39 is 17.8 Å². The van der Waals surface area contributed by atoms with Gasteiger partial charge >= 0.3 is 5.97 Å². The van der Waals surface area contributed by atoms with E-state index in [-0.39, 0.29) is 23.7 Å². The predicted molar refractivity (Wildman–Crippen MR) is 92.2 cm³/mol. The van der Waals surface area contributed by atoms with Gasteiger partial charge in [-0.1, -0.05) is 58.0 Å². The summed E-state index contributed by atoms with van der Waals surface area (Å²) in [7, 11) is 1.55. The first-order chi connectivity index (χ1) is 10.8.